The van der Waals surface area contributed by atoms with E-state index in [0.29, 0.717) is 15.3 Å². The maximum atomic E-state index is 13.4. The standard InChI is InChI=1S/C13H13FN4O4.C11H6FN3O3.C10H13FN2OSi.C7H5FN2O.C6H8N2O3.C5H4BrFN2O.C4HBr2FN2.CH4/c1-18(21-3)10(6-11(19)9-4-5-22-17-9)12-15-7-8(14)13(16-12)20-2;1-17-11-7(12)6-13-10(14-11)3-2-9(16)8-4-5-18-15-8;1-14-10-8(11)7-12-9(13-10)5-6-15(2,3)4;1-3-6-9-4-5(8)7(10-6)11-2;1-8(10-2)6(9)5-3-4-11-7-5;1-10-4-3(7)2-8-5(6)9-4;5-3-2(7)1-8-4(6)9-3;/h4-7H,1-3H3;4-6H,1H3;7H,1-4H3;1,4H,2H3;3-4H,1-2H3;2H,1H3;1H;1H4/b10-6+;;;;;;;. The van der Waals surface area contributed by atoms with E-state index in [-0.39, 0.29) is 87.6 Å². The number of halogens is 9. The van der Waals surface area contributed by atoms with Crippen molar-refractivity contribution in [3.8, 4) is 65.0 Å². The van der Waals surface area contributed by atoms with Crippen LogP contribution in [-0.2, 0) is 9.68 Å². The number of hydrogen-bond acceptors (Lipinski definition) is 29. The van der Waals surface area contributed by atoms with Crippen LogP contribution < -0.4 is 23.7 Å². The first kappa shape index (κ1) is 82.4. The first-order valence-electron chi connectivity index (χ1n) is 25.6. The largest absolute Gasteiger partial charge is 0.479 e. The van der Waals surface area contributed by atoms with Crippen molar-refractivity contribution in [1.29, 1.82) is 0 Å². The first-order chi connectivity index (χ1) is 45.6. The van der Waals surface area contributed by atoms with Crippen molar-refractivity contribution in [1.82, 2.24) is 85.4 Å². The number of allylic oxidation sites excluding steroid dienone is 1. The van der Waals surface area contributed by atoms with Crippen molar-refractivity contribution in [3.05, 3.63) is 170 Å². The summed E-state index contributed by atoms with van der Waals surface area (Å²) in [4.78, 5) is 88.3. The van der Waals surface area contributed by atoms with Gasteiger partial charge in [0, 0.05) is 38.4 Å². The van der Waals surface area contributed by atoms with Crippen molar-refractivity contribution in [3.63, 3.8) is 0 Å². The minimum Gasteiger partial charge on any atom is -0.479 e. The molecule has 0 aromatic carbocycles. The zero-order valence-electron chi connectivity index (χ0n) is 51.9. The third-order valence-corrected chi connectivity index (χ3v) is 12.0. The van der Waals surface area contributed by atoms with Gasteiger partial charge >= 0.3 is 0 Å². The van der Waals surface area contributed by atoms with Crippen LogP contribution in [0.5, 0.6) is 29.4 Å². The molecule has 0 aliphatic rings. The molecule has 0 aliphatic carbocycles. The van der Waals surface area contributed by atoms with Gasteiger partial charge in [0.15, 0.2) is 38.2 Å². The summed E-state index contributed by atoms with van der Waals surface area (Å²) in [6, 6.07) is 4.26. The minimum absolute atomic E-state index is 0. The molecule has 9 aromatic rings. The number of amides is 1. The van der Waals surface area contributed by atoms with Gasteiger partial charge in [-0.3, -0.25) is 29.1 Å². The van der Waals surface area contributed by atoms with E-state index in [9.17, 15) is 40.7 Å². The number of methoxy groups -OCH3 is 5. The minimum atomic E-state index is -1.46. The van der Waals surface area contributed by atoms with E-state index < -0.39 is 54.5 Å². The molecule has 0 N–H and O–H groups in total. The van der Waals surface area contributed by atoms with Crippen molar-refractivity contribution in [2.75, 3.05) is 63.9 Å². The lowest BCUT2D eigenvalue weighted by Gasteiger charge is -2.18. The van der Waals surface area contributed by atoms with Crippen LogP contribution in [0.2, 0.25) is 19.6 Å². The second-order valence-corrected chi connectivity index (χ2v) is 24.3. The van der Waals surface area contributed by atoms with Crippen LogP contribution in [0.3, 0.4) is 0 Å². The Bertz CT molecular complexity index is 4200. The number of ketones is 2. The highest BCUT2D eigenvalue weighted by Gasteiger charge is 2.19. The van der Waals surface area contributed by atoms with Gasteiger partial charge < -0.3 is 37.3 Å². The predicted molar refractivity (Wildman–Crippen MR) is 340 cm³/mol. The highest BCUT2D eigenvalue weighted by molar-refractivity contribution is 9.11. The maximum Gasteiger partial charge on any atom is 0.299 e. The molecule has 30 nitrogen and oxygen atoms in total. The van der Waals surface area contributed by atoms with E-state index in [2.05, 4.69) is 205 Å². The molecule has 0 unspecified atom stereocenters. The van der Waals surface area contributed by atoms with E-state index in [4.69, 9.17) is 20.7 Å². The molecule has 0 spiro atoms. The molecule has 0 atom stereocenters. The lowest BCUT2D eigenvalue weighted by atomic mass is 10.2. The van der Waals surface area contributed by atoms with Gasteiger partial charge in [0.05, 0.1) is 86.9 Å². The van der Waals surface area contributed by atoms with Crippen LogP contribution in [0.4, 0.5) is 26.3 Å². The van der Waals surface area contributed by atoms with E-state index in [1.54, 1.807) is 7.05 Å². The highest BCUT2D eigenvalue weighted by Crippen LogP contribution is 2.21. The lowest BCUT2D eigenvalue weighted by molar-refractivity contribution is -0.0762. The highest BCUT2D eigenvalue weighted by atomic mass is 79.9. The number of hydrogen-bond donors (Lipinski definition) is 0. The molecular formula is C57H54Br3F6N17O13Si. The maximum absolute atomic E-state index is 13.4. The van der Waals surface area contributed by atoms with Crippen LogP contribution >= 0.6 is 47.8 Å². The van der Waals surface area contributed by atoms with E-state index in [1.807, 2.05) is 0 Å². The third-order valence-electron chi connectivity index (χ3n) is 9.82. The number of terminal acetylenes is 1. The molecule has 9 rings (SSSR count). The zero-order chi connectivity index (χ0) is 71.5. The van der Waals surface area contributed by atoms with Gasteiger partial charge in [0.25, 0.3) is 41.1 Å². The fourth-order valence-corrected chi connectivity index (χ4v) is 6.88. The third kappa shape index (κ3) is 28.8. The Hall–Kier alpha value is -10.7. The van der Waals surface area contributed by atoms with Gasteiger partial charge in [-0.2, -0.15) is 46.9 Å². The van der Waals surface area contributed by atoms with Crippen molar-refractivity contribution < 1.29 is 87.7 Å². The average Bonchev–Trinajstić information content (AvgIpc) is 2.05. The predicted octanol–water partition coefficient (Wildman–Crippen LogP) is 9.11. The molecule has 1 amide bonds. The van der Waals surface area contributed by atoms with E-state index in [0.717, 1.165) is 42.2 Å². The number of nitrogens with zero attached hydrogens (tertiary/aromatic N) is 17. The zero-order valence-corrected chi connectivity index (χ0v) is 57.7. The van der Waals surface area contributed by atoms with Gasteiger partial charge in [-0.05, 0) is 71.5 Å². The normalized spacial score (nSPS) is 9.92. The number of carbonyl (C=O) groups excluding carboxylic acids is 3. The second kappa shape index (κ2) is 42.6. The van der Waals surface area contributed by atoms with Gasteiger partial charge in [0.1, 0.15) is 37.2 Å². The van der Waals surface area contributed by atoms with Crippen LogP contribution in [0, 0.1) is 70.6 Å². The van der Waals surface area contributed by atoms with Gasteiger partial charge in [0.2, 0.25) is 52.3 Å². The molecule has 0 saturated heterocycles. The number of ether oxygens (including phenoxy) is 5. The van der Waals surface area contributed by atoms with Crippen molar-refractivity contribution in [2.24, 2.45) is 0 Å². The summed E-state index contributed by atoms with van der Waals surface area (Å²) >= 11 is 8.84. The summed E-state index contributed by atoms with van der Waals surface area (Å²) in [6.07, 6.45) is 16.1. The Morgan fingerprint density at radius 1 is 0.515 bits per heavy atom. The molecule has 0 radical (unpaired) electrons. The monoisotopic (exact) mass is 1560 g/mol. The van der Waals surface area contributed by atoms with E-state index >= 15 is 0 Å². The first-order valence-corrected chi connectivity index (χ1v) is 31.5. The summed E-state index contributed by atoms with van der Waals surface area (Å²) in [7, 11) is 10.9. The Kier molecular flexibility index (Phi) is 36.2. The quantitative estimate of drug-likeness (QED) is 0.0152. The fraction of sp³-hybridized carbons (Fsp3) is 0.228. The van der Waals surface area contributed by atoms with Crippen molar-refractivity contribution >= 4 is 79.0 Å². The SMILES string of the molecule is C.C#Cc1ncc(F)c(OC)n1.CON(C)C(=O)c1ccon1.COc1nc(/C(=C\C(=O)c2ccon2)N(C)OC)ncc1F.COc1nc(Br)ncc1F.COc1nc(C#CC(=O)c2ccon2)ncc1F.COc1nc(C#C[Si](C)(C)C)ncc1F.Fc1cnc(Br)nc1Br. The Morgan fingerprint density at radius 3 is 1.32 bits per heavy atom. The molecule has 9 heterocycles. The molecule has 512 valence electrons. The topological polar surface area (TPSA) is 355 Å². The van der Waals surface area contributed by atoms with Gasteiger partial charge in [-0.15, -0.1) is 12.0 Å². The Morgan fingerprint density at radius 2 is 0.907 bits per heavy atom. The number of rotatable bonds is 13. The Balaban J connectivity index is 0.000000393. The lowest BCUT2D eigenvalue weighted by Crippen LogP contribution is -2.25. The summed E-state index contributed by atoms with van der Waals surface area (Å²) in [5.41, 5.74) is 3.72. The average molecular weight is 1570 g/mol. The van der Waals surface area contributed by atoms with Crippen LogP contribution in [-0.4, -0.2) is 175 Å². The second-order valence-electron chi connectivity index (χ2n) is 17.4. The molecule has 0 bridgehead atoms. The fourth-order valence-electron chi connectivity index (χ4n) is 5.34. The molecule has 0 fully saturated rings. The van der Waals surface area contributed by atoms with Gasteiger partial charge in [-0.1, -0.05) is 42.5 Å². The number of carbonyl (C=O) groups is 3. The Labute approximate surface area is 574 Å². The van der Waals surface area contributed by atoms with Crippen LogP contribution in [0.15, 0.2) is 108 Å². The summed E-state index contributed by atoms with van der Waals surface area (Å²) in [5.74, 6) is 4.40. The van der Waals surface area contributed by atoms with Gasteiger partial charge in [-0.25, -0.2) is 44.3 Å². The molecule has 97 heavy (non-hydrogen) atoms. The summed E-state index contributed by atoms with van der Waals surface area (Å²) in [5, 5.41) is 12.7. The molecular weight excluding hydrogens is 1510 g/mol. The van der Waals surface area contributed by atoms with Crippen LogP contribution in [0.1, 0.15) is 62.2 Å². The van der Waals surface area contributed by atoms with Crippen molar-refractivity contribution in [2.45, 2.75) is 27.1 Å². The molecule has 0 aliphatic heterocycles. The number of Topliss-reactive ketones (excluding diaryl/α,β-unsaturated/α-hetero) is 1. The molecule has 40 heteroatoms. The van der Waals surface area contributed by atoms with E-state index in [1.165, 1.54) is 105 Å². The molecule has 0 saturated carbocycles. The molecule has 9 aromatic heterocycles. The summed E-state index contributed by atoms with van der Waals surface area (Å²) in [6.45, 7) is 6.34. The van der Waals surface area contributed by atoms with Crippen LogP contribution in [0.25, 0.3) is 5.70 Å². The number of hydroxylamine groups is 4. The summed E-state index contributed by atoms with van der Waals surface area (Å²) < 4.78 is 115. The number of aromatic nitrogens is 15. The smallest absolute Gasteiger partial charge is 0.299 e.